The van der Waals surface area contributed by atoms with Gasteiger partial charge in [-0.15, -0.1) is 12.4 Å². The number of nitrogens with two attached hydrogens (primary N) is 1. The van der Waals surface area contributed by atoms with Gasteiger partial charge in [0, 0.05) is 19.1 Å². The number of carbonyl (C=O) groups is 1. The minimum atomic E-state index is 0. The molecule has 20 heavy (non-hydrogen) atoms. The molecule has 0 saturated carbocycles. The zero-order valence-corrected chi connectivity index (χ0v) is 14.1. The van der Waals surface area contributed by atoms with Gasteiger partial charge >= 0.3 is 0 Å². The van der Waals surface area contributed by atoms with Crippen molar-refractivity contribution in [2.24, 2.45) is 11.7 Å². The van der Waals surface area contributed by atoms with E-state index in [2.05, 4.69) is 25.7 Å². The molecule has 1 amide bonds. The van der Waals surface area contributed by atoms with E-state index in [1.807, 2.05) is 4.90 Å². The Morgan fingerprint density at radius 1 is 1.25 bits per heavy atom. The second-order valence-electron chi connectivity index (χ2n) is 5.85. The Labute approximate surface area is 130 Å². The van der Waals surface area contributed by atoms with Crippen LogP contribution in [0.3, 0.4) is 0 Å². The highest BCUT2D eigenvalue weighted by Crippen LogP contribution is 2.19. The first kappa shape index (κ1) is 19.7. The SMILES string of the molecule is CCCN(CCC)C(=O)CN1CCC(C(C)N)CC1.Cl. The van der Waals surface area contributed by atoms with Gasteiger partial charge in [0.1, 0.15) is 0 Å². The lowest BCUT2D eigenvalue weighted by Crippen LogP contribution is -2.45. The molecule has 5 heteroatoms. The molecule has 2 N–H and O–H groups in total. The second kappa shape index (κ2) is 10.4. The van der Waals surface area contributed by atoms with Crippen LogP contribution in [0.1, 0.15) is 46.5 Å². The van der Waals surface area contributed by atoms with Crippen LogP contribution in [0.15, 0.2) is 0 Å². The fourth-order valence-corrected chi connectivity index (χ4v) is 2.83. The summed E-state index contributed by atoms with van der Waals surface area (Å²) in [6.07, 6.45) is 4.34. The van der Waals surface area contributed by atoms with Crippen molar-refractivity contribution >= 4 is 18.3 Å². The Hall–Kier alpha value is -0.320. The van der Waals surface area contributed by atoms with Crippen LogP contribution in [0.4, 0.5) is 0 Å². The topological polar surface area (TPSA) is 49.6 Å². The summed E-state index contributed by atoms with van der Waals surface area (Å²) in [4.78, 5) is 16.6. The molecule has 0 aromatic rings. The highest BCUT2D eigenvalue weighted by molar-refractivity contribution is 5.85. The molecule has 4 nitrogen and oxygen atoms in total. The van der Waals surface area contributed by atoms with Gasteiger partial charge in [0.2, 0.25) is 5.91 Å². The summed E-state index contributed by atoms with van der Waals surface area (Å²) < 4.78 is 0. The smallest absolute Gasteiger partial charge is 0.236 e. The quantitative estimate of drug-likeness (QED) is 0.784. The highest BCUT2D eigenvalue weighted by Gasteiger charge is 2.24. The second-order valence-corrected chi connectivity index (χ2v) is 5.85. The lowest BCUT2D eigenvalue weighted by atomic mass is 9.91. The Balaban J connectivity index is 0.00000361. The Morgan fingerprint density at radius 2 is 1.75 bits per heavy atom. The number of hydrogen-bond acceptors (Lipinski definition) is 3. The van der Waals surface area contributed by atoms with Crippen LogP contribution in [-0.2, 0) is 4.79 Å². The lowest BCUT2D eigenvalue weighted by molar-refractivity contribution is -0.132. The molecule has 0 spiro atoms. The van der Waals surface area contributed by atoms with Crippen molar-refractivity contribution in [3.05, 3.63) is 0 Å². The van der Waals surface area contributed by atoms with E-state index in [1.165, 1.54) is 0 Å². The van der Waals surface area contributed by atoms with E-state index in [0.717, 1.165) is 51.9 Å². The van der Waals surface area contributed by atoms with E-state index < -0.39 is 0 Å². The zero-order chi connectivity index (χ0) is 14.3. The van der Waals surface area contributed by atoms with Crippen LogP contribution in [0, 0.1) is 5.92 Å². The van der Waals surface area contributed by atoms with Crippen molar-refractivity contribution in [3.8, 4) is 0 Å². The molecule has 1 rings (SSSR count). The Morgan fingerprint density at radius 3 is 2.15 bits per heavy atom. The van der Waals surface area contributed by atoms with Crippen molar-refractivity contribution in [2.75, 3.05) is 32.7 Å². The predicted molar refractivity (Wildman–Crippen MR) is 87.2 cm³/mol. The average Bonchev–Trinajstić information content (AvgIpc) is 2.39. The summed E-state index contributed by atoms with van der Waals surface area (Å²) in [5.74, 6) is 0.927. The lowest BCUT2D eigenvalue weighted by Gasteiger charge is -2.34. The van der Waals surface area contributed by atoms with E-state index in [0.29, 0.717) is 18.4 Å². The van der Waals surface area contributed by atoms with Crippen LogP contribution < -0.4 is 5.73 Å². The van der Waals surface area contributed by atoms with E-state index in [4.69, 9.17) is 5.73 Å². The van der Waals surface area contributed by atoms with Gasteiger partial charge in [-0.2, -0.15) is 0 Å². The molecule has 120 valence electrons. The standard InChI is InChI=1S/C15H31N3O.ClH/c1-4-8-18(9-5-2)15(19)12-17-10-6-14(7-11-17)13(3)16;/h13-14H,4-12,16H2,1-3H3;1H. The molecule has 1 saturated heterocycles. The normalized spacial score (nSPS) is 18.4. The number of amides is 1. The molecular weight excluding hydrogens is 274 g/mol. The molecule has 0 aromatic carbocycles. The number of carbonyl (C=O) groups excluding carboxylic acids is 1. The molecule has 0 bridgehead atoms. The number of halogens is 1. The van der Waals surface area contributed by atoms with Crippen molar-refractivity contribution in [3.63, 3.8) is 0 Å². The van der Waals surface area contributed by atoms with E-state index in [-0.39, 0.29) is 18.4 Å². The zero-order valence-electron chi connectivity index (χ0n) is 13.3. The molecular formula is C15H32ClN3O. The number of rotatable bonds is 7. The summed E-state index contributed by atoms with van der Waals surface area (Å²) in [7, 11) is 0. The monoisotopic (exact) mass is 305 g/mol. The molecule has 0 aromatic heterocycles. The fourth-order valence-electron chi connectivity index (χ4n) is 2.83. The molecule has 1 fully saturated rings. The Bertz CT molecular complexity index is 260. The molecule has 1 aliphatic rings. The molecule has 1 aliphatic heterocycles. The van der Waals surface area contributed by atoms with Crippen LogP contribution >= 0.6 is 12.4 Å². The third-order valence-corrected chi connectivity index (χ3v) is 4.07. The Kier molecular flexibility index (Phi) is 10.2. The van der Waals surface area contributed by atoms with Crippen molar-refractivity contribution in [2.45, 2.75) is 52.5 Å². The third kappa shape index (κ3) is 6.42. The van der Waals surface area contributed by atoms with Gasteiger partial charge in [0.15, 0.2) is 0 Å². The van der Waals surface area contributed by atoms with Gasteiger partial charge < -0.3 is 10.6 Å². The number of likely N-dealkylation sites (tertiary alicyclic amines) is 1. The van der Waals surface area contributed by atoms with Crippen molar-refractivity contribution in [1.29, 1.82) is 0 Å². The third-order valence-electron chi connectivity index (χ3n) is 4.07. The molecule has 0 radical (unpaired) electrons. The molecule has 1 heterocycles. The minimum Gasteiger partial charge on any atom is -0.342 e. The van der Waals surface area contributed by atoms with Crippen LogP contribution in [0.2, 0.25) is 0 Å². The van der Waals surface area contributed by atoms with Crippen molar-refractivity contribution in [1.82, 2.24) is 9.80 Å². The maximum Gasteiger partial charge on any atom is 0.236 e. The van der Waals surface area contributed by atoms with Crippen LogP contribution in [0.5, 0.6) is 0 Å². The maximum atomic E-state index is 12.3. The number of nitrogens with zero attached hydrogens (tertiary/aromatic N) is 2. The van der Waals surface area contributed by atoms with Crippen molar-refractivity contribution < 1.29 is 4.79 Å². The van der Waals surface area contributed by atoms with E-state index in [9.17, 15) is 4.79 Å². The molecule has 1 atom stereocenters. The summed E-state index contributed by atoms with van der Waals surface area (Å²) in [6.45, 7) is 10.8. The minimum absolute atomic E-state index is 0. The van der Waals surface area contributed by atoms with Gasteiger partial charge in [-0.05, 0) is 51.6 Å². The average molecular weight is 306 g/mol. The van der Waals surface area contributed by atoms with Crippen LogP contribution in [0.25, 0.3) is 0 Å². The largest absolute Gasteiger partial charge is 0.342 e. The highest BCUT2D eigenvalue weighted by atomic mass is 35.5. The predicted octanol–water partition coefficient (Wildman–Crippen LogP) is 2.12. The summed E-state index contributed by atoms with van der Waals surface area (Å²) in [6, 6.07) is 0.287. The first-order valence-corrected chi connectivity index (χ1v) is 7.84. The summed E-state index contributed by atoms with van der Waals surface area (Å²) in [5.41, 5.74) is 5.95. The summed E-state index contributed by atoms with van der Waals surface area (Å²) >= 11 is 0. The number of hydrogen-bond donors (Lipinski definition) is 1. The first-order chi connectivity index (χ1) is 9.08. The van der Waals surface area contributed by atoms with Gasteiger partial charge in [-0.1, -0.05) is 13.8 Å². The van der Waals surface area contributed by atoms with Gasteiger partial charge in [0.25, 0.3) is 0 Å². The van der Waals surface area contributed by atoms with E-state index in [1.54, 1.807) is 0 Å². The first-order valence-electron chi connectivity index (χ1n) is 7.84. The van der Waals surface area contributed by atoms with E-state index >= 15 is 0 Å². The maximum absolute atomic E-state index is 12.3. The molecule has 0 aliphatic carbocycles. The van der Waals surface area contributed by atoms with Crippen LogP contribution in [-0.4, -0.2) is 54.5 Å². The van der Waals surface area contributed by atoms with Gasteiger partial charge in [-0.25, -0.2) is 0 Å². The summed E-state index contributed by atoms with van der Waals surface area (Å²) in [5, 5.41) is 0. The number of piperidine rings is 1. The van der Waals surface area contributed by atoms with Gasteiger partial charge in [0.05, 0.1) is 6.54 Å². The molecule has 1 unspecified atom stereocenters. The van der Waals surface area contributed by atoms with Gasteiger partial charge in [-0.3, -0.25) is 9.69 Å². The fraction of sp³-hybridized carbons (Fsp3) is 0.933.